The van der Waals surface area contributed by atoms with E-state index in [1.54, 1.807) is 32.7 Å². The van der Waals surface area contributed by atoms with E-state index in [-0.39, 0.29) is 0 Å². The molecule has 0 N–H and O–H groups in total. The summed E-state index contributed by atoms with van der Waals surface area (Å²) >= 11 is 1.68. The molecule has 0 aliphatic heterocycles. The summed E-state index contributed by atoms with van der Waals surface area (Å²) in [5, 5.41) is 0.954. The van der Waals surface area contributed by atoms with Gasteiger partial charge in [-0.2, -0.15) is 0 Å². The SMILES string of the molecule is COc1ccc(-c2ccc(-c3cc4cc(OC)cc(OC)c4o3)s2)cc1. The summed E-state index contributed by atoms with van der Waals surface area (Å²) in [6.45, 7) is 0. The highest BCUT2D eigenvalue weighted by atomic mass is 32.1. The van der Waals surface area contributed by atoms with E-state index in [0.717, 1.165) is 38.7 Å². The predicted molar refractivity (Wildman–Crippen MR) is 105 cm³/mol. The van der Waals surface area contributed by atoms with Crippen molar-refractivity contribution in [2.45, 2.75) is 0 Å². The van der Waals surface area contributed by atoms with Gasteiger partial charge in [0.1, 0.15) is 17.3 Å². The molecule has 0 unspecified atom stereocenters. The molecule has 4 aromatic rings. The Balaban J connectivity index is 1.72. The zero-order chi connectivity index (χ0) is 18.1. The molecule has 0 aliphatic carbocycles. The van der Waals surface area contributed by atoms with Gasteiger partial charge in [-0.1, -0.05) is 0 Å². The topological polar surface area (TPSA) is 40.8 Å². The molecule has 2 heterocycles. The first kappa shape index (κ1) is 16.5. The lowest BCUT2D eigenvalue weighted by molar-refractivity contribution is 0.393. The summed E-state index contributed by atoms with van der Waals surface area (Å²) in [6, 6.07) is 18.0. The van der Waals surface area contributed by atoms with Gasteiger partial charge in [0.25, 0.3) is 0 Å². The largest absolute Gasteiger partial charge is 0.497 e. The molecule has 132 valence electrons. The molecule has 0 aliphatic rings. The van der Waals surface area contributed by atoms with Crippen molar-refractivity contribution in [1.82, 2.24) is 0 Å². The van der Waals surface area contributed by atoms with E-state index >= 15 is 0 Å². The highest BCUT2D eigenvalue weighted by Gasteiger charge is 2.14. The fraction of sp³-hybridized carbons (Fsp3) is 0.143. The van der Waals surface area contributed by atoms with Gasteiger partial charge < -0.3 is 18.6 Å². The van der Waals surface area contributed by atoms with Crippen LogP contribution in [0.4, 0.5) is 0 Å². The van der Waals surface area contributed by atoms with E-state index in [4.69, 9.17) is 18.6 Å². The zero-order valence-electron chi connectivity index (χ0n) is 14.7. The van der Waals surface area contributed by atoms with Gasteiger partial charge in [-0.25, -0.2) is 0 Å². The maximum Gasteiger partial charge on any atom is 0.176 e. The molecule has 2 aromatic carbocycles. The van der Waals surface area contributed by atoms with Gasteiger partial charge in [0.2, 0.25) is 0 Å². The minimum atomic E-state index is 0.664. The van der Waals surface area contributed by atoms with Crippen LogP contribution < -0.4 is 14.2 Å². The van der Waals surface area contributed by atoms with Crippen LogP contribution in [0.3, 0.4) is 0 Å². The molecular weight excluding hydrogens is 348 g/mol. The Morgan fingerprint density at radius 3 is 2.15 bits per heavy atom. The van der Waals surface area contributed by atoms with Gasteiger partial charge >= 0.3 is 0 Å². The van der Waals surface area contributed by atoms with Crippen molar-refractivity contribution >= 4 is 22.3 Å². The lowest BCUT2D eigenvalue weighted by atomic mass is 10.2. The predicted octanol–water partition coefficient (Wildman–Crippen LogP) is 5.85. The fourth-order valence-electron chi connectivity index (χ4n) is 2.87. The van der Waals surface area contributed by atoms with Crippen molar-refractivity contribution in [3.8, 4) is 38.3 Å². The van der Waals surface area contributed by atoms with Crippen LogP contribution in [0.1, 0.15) is 0 Å². The molecule has 2 aromatic heterocycles. The summed E-state index contributed by atoms with van der Waals surface area (Å²) in [6.07, 6.45) is 0. The average Bonchev–Trinajstić information content (AvgIpc) is 3.34. The van der Waals surface area contributed by atoms with Crippen molar-refractivity contribution in [2.75, 3.05) is 21.3 Å². The molecule has 26 heavy (non-hydrogen) atoms. The Morgan fingerprint density at radius 1 is 0.731 bits per heavy atom. The van der Waals surface area contributed by atoms with Gasteiger partial charge in [-0.15, -0.1) is 11.3 Å². The lowest BCUT2D eigenvalue weighted by Crippen LogP contribution is -1.86. The minimum Gasteiger partial charge on any atom is -0.497 e. The summed E-state index contributed by atoms with van der Waals surface area (Å²) < 4.78 is 22.1. The number of ether oxygens (including phenoxy) is 3. The van der Waals surface area contributed by atoms with E-state index in [9.17, 15) is 0 Å². The van der Waals surface area contributed by atoms with Crippen LogP contribution in [0.25, 0.3) is 32.0 Å². The minimum absolute atomic E-state index is 0.664. The number of furan rings is 1. The third-order valence-electron chi connectivity index (χ3n) is 4.23. The van der Waals surface area contributed by atoms with E-state index in [1.807, 2.05) is 30.3 Å². The third-order valence-corrected chi connectivity index (χ3v) is 5.38. The van der Waals surface area contributed by atoms with Gasteiger partial charge in [0.15, 0.2) is 11.3 Å². The van der Waals surface area contributed by atoms with Crippen molar-refractivity contribution in [3.63, 3.8) is 0 Å². The molecular formula is C21H18O4S. The van der Waals surface area contributed by atoms with Crippen LogP contribution in [0, 0.1) is 0 Å². The summed E-state index contributed by atoms with van der Waals surface area (Å²) in [4.78, 5) is 2.24. The Kier molecular flexibility index (Phi) is 4.31. The Bertz CT molecular complexity index is 1040. The molecule has 0 bridgehead atoms. The van der Waals surface area contributed by atoms with Crippen LogP contribution in [0.2, 0.25) is 0 Å². The maximum atomic E-state index is 6.07. The number of thiophene rings is 1. The summed E-state index contributed by atoms with van der Waals surface area (Å²) in [5.74, 6) is 3.07. The smallest absolute Gasteiger partial charge is 0.176 e. The molecule has 4 nitrogen and oxygen atoms in total. The van der Waals surface area contributed by atoms with Crippen molar-refractivity contribution in [3.05, 3.63) is 54.6 Å². The number of fused-ring (bicyclic) bond motifs is 1. The van der Waals surface area contributed by atoms with Crippen LogP contribution in [0.15, 0.2) is 59.0 Å². The standard InChI is InChI=1S/C21H18O4S/c1-22-15-6-4-13(5-7-15)19-8-9-20(26-19)17-11-14-10-16(23-2)12-18(24-3)21(14)25-17/h4-12H,1-3H3. The lowest BCUT2D eigenvalue weighted by Gasteiger charge is -2.04. The van der Waals surface area contributed by atoms with E-state index in [0.29, 0.717) is 5.75 Å². The first-order chi connectivity index (χ1) is 12.7. The molecule has 0 atom stereocenters. The van der Waals surface area contributed by atoms with E-state index in [1.165, 1.54) is 4.88 Å². The highest BCUT2D eigenvalue weighted by molar-refractivity contribution is 7.18. The Hall–Kier alpha value is -2.92. The fourth-order valence-corrected chi connectivity index (χ4v) is 3.83. The van der Waals surface area contributed by atoms with Gasteiger partial charge in [0, 0.05) is 16.3 Å². The van der Waals surface area contributed by atoms with Gasteiger partial charge in [0.05, 0.1) is 26.2 Å². The molecule has 0 amide bonds. The van der Waals surface area contributed by atoms with Crippen LogP contribution in [0.5, 0.6) is 17.2 Å². The number of methoxy groups -OCH3 is 3. The number of rotatable bonds is 5. The second-order valence-electron chi connectivity index (χ2n) is 5.75. The number of hydrogen-bond acceptors (Lipinski definition) is 5. The van der Waals surface area contributed by atoms with Gasteiger partial charge in [-0.05, 0) is 54.1 Å². The second kappa shape index (κ2) is 6.77. The van der Waals surface area contributed by atoms with E-state index < -0.39 is 0 Å². The Labute approximate surface area is 155 Å². The van der Waals surface area contributed by atoms with Gasteiger partial charge in [-0.3, -0.25) is 0 Å². The summed E-state index contributed by atoms with van der Waals surface area (Å²) in [7, 11) is 4.94. The van der Waals surface area contributed by atoms with Crippen LogP contribution >= 0.6 is 11.3 Å². The molecule has 0 fully saturated rings. The number of hydrogen-bond donors (Lipinski definition) is 0. The molecule has 0 spiro atoms. The van der Waals surface area contributed by atoms with Crippen LogP contribution in [-0.4, -0.2) is 21.3 Å². The summed E-state index contributed by atoms with van der Waals surface area (Å²) in [5.41, 5.74) is 1.88. The van der Waals surface area contributed by atoms with Crippen molar-refractivity contribution in [1.29, 1.82) is 0 Å². The van der Waals surface area contributed by atoms with Crippen molar-refractivity contribution < 1.29 is 18.6 Å². The quantitative estimate of drug-likeness (QED) is 0.444. The molecule has 0 saturated heterocycles. The third kappa shape index (κ3) is 2.91. The Morgan fingerprint density at radius 2 is 1.46 bits per heavy atom. The highest BCUT2D eigenvalue weighted by Crippen LogP contribution is 2.40. The van der Waals surface area contributed by atoms with E-state index in [2.05, 4.69) is 24.3 Å². The molecule has 4 rings (SSSR count). The van der Waals surface area contributed by atoms with Crippen LogP contribution in [-0.2, 0) is 0 Å². The molecule has 0 radical (unpaired) electrons. The average molecular weight is 366 g/mol. The van der Waals surface area contributed by atoms with Crippen molar-refractivity contribution in [2.24, 2.45) is 0 Å². The second-order valence-corrected chi connectivity index (χ2v) is 6.83. The first-order valence-corrected chi connectivity index (χ1v) is 8.93. The monoisotopic (exact) mass is 366 g/mol. The first-order valence-electron chi connectivity index (χ1n) is 8.12. The zero-order valence-corrected chi connectivity index (χ0v) is 15.6. The molecule has 5 heteroatoms. The normalized spacial score (nSPS) is 10.9. The number of benzene rings is 2. The molecule has 0 saturated carbocycles. The maximum absolute atomic E-state index is 6.07.